The molecule has 3 rings (SSSR count). The second-order valence-electron chi connectivity index (χ2n) is 5.83. The Bertz CT molecular complexity index is 532. The third kappa shape index (κ3) is 3.35. The predicted octanol–water partition coefficient (Wildman–Crippen LogP) is 4.63. The van der Waals surface area contributed by atoms with Gasteiger partial charge in [-0.15, -0.1) is 0 Å². The van der Waals surface area contributed by atoms with E-state index in [2.05, 4.69) is 48.0 Å². The maximum Gasteiger partial charge on any atom is 0.125 e. The van der Waals surface area contributed by atoms with Gasteiger partial charge in [-0.05, 0) is 36.8 Å². The Morgan fingerprint density at radius 3 is 2.52 bits per heavy atom. The van der Waals surface area contributed by atoms with E-state index in [4.69, 9.17) is 4.42 Å². The number of hydrogen-bond donors (Lipinski definition) is 1. The van der Waals surface area contributed by atoms with Gasteiger partial charge in [-0.2, -0.15) is 11.8 Å². The molecule has 1 N–H and O–H groups in total. The molecule has 1 aliphatic rings. The Balaban J connectivity index is 1.77. The maximum atomic E-state index is 5.66. The normalized spacial score (nSPS) is 18.7. The summed E-state index contributed by atoms with van der Waals surface area (Å²) in [5, 5.41) is 3.76. The summed E-state index contributed by atoms with van der Waals surface area (Å²) in [6.45, 7) is 1.04. The number of nitrogens with one attached hydrogen (secondary N) is 1. The van der Waals surface area contributed by atoms with Crippen molar-refractivity contribution >= 4 is 11.8 Å². The second-order valence-corrected chi connectivity index (χ2v) is 7.11. The van der Waals surface area contributed by atoms with Crippen molar-refractivity contribution in [1.82, 2.24) is 5.32 Å². The fraction of sp³-hybridized carbons (Fsp3) is 0.444. The molecule has 0 radical (unpaired) electrons. The Morgan fingerprint density at radius 1 is 1.14 bits per heavy atom. The molecule has 1 heterocycles. The molecule has 0 saturated heterocycles. The van der Waals surface area contributed by atoms with Crippen molar-refractivity contribution in [2.24, 2.45) is 0 Å². The topological polar surface area (TPSA) is 25.2 Å². The van der Waals surface area contributed by atoms with Crippen molar-refractivity contribution in [3.63, 3.8) is 0 Å². The Labute approximate surface area is 131 Å². The molecule has 2 nitrogen and oxygen atoms in total. The van der Waals surface area contributed by atoms with Crippen molar-refractivity contribution < 1.29 is 4.42 Å². The summed E-state index contributed by atoms with van der Waals surface area (Å²) in [6.07, 6.45) is 9.37. The van der Waals surface area contributed by atoms with Gasteiger partial charge >= 0.3 is 0 Å². The summed E-state index contributed by atoms with van der Waals surface area (Å²) in [4.78, 5) is 0. The van der Waals surface area contributed by atoms with Gasteiger partial charge in [0.25, 0.3) is 0 Å². The minimum atomic E-state index is 0.144. The lowest BCUT2D eigenvalue weighted by Gasteiger charge is -2.29. The van der Waals surface area contributed by atoms with Crippen LogP contribution in [0.4, 0.5) is 0 Å². The van der Waals surface area contributed by atoms with Crippen LogP contribution >= 0.6 is 11.8 Å². The summed E-state index contributed by atoms with van der Waals surface area (Å²) in [5.41, 5.74) is 1.27. The number of benzene rings is 1. The number of furan rings is 1. The van der Waals surface area contributed by atoms with Crippen molar-refractivity contribution in [1.29, 1.82) is 0 Å². The lowest BCUT2D eigenvalue weighted by Crippen LogP contribution is -2.37. The molecule has 1 unspecified atom stereocenters. The lowest BCUT2D eigenvalue weighted by atomic mass is 10.0. The minimum Gasteiger partial charge on any atom is -0.467 e. The summed E-state index contributed by atoms with van der Waals surface area (Å²) in [7, 11) is 0. The maximum absolute atomic E-state index is 5.66. The highest BCUT2D eigenvalue weighted by Crippen LogP contribution is 2.40. The van der Waals surface area contributed by atoms with E-state index in [0.717, 1.165) is 12.3 Å². The average molecular weight is 301 g/mol. The molecule has 1 aliphatic carbocycles. The summed E-state index contributed by atoms with van der Waals surface area (Å²) in [6, 6.07) is 14.7. The molecule has 1 saturated carbocycles. The number of hydrogen-bond acceptors (Lipinski definition) is 3. The van der Waals surface area contributed by atoms with Crippen LogP contribution in [0.2, 0.25) is 0 Å². The van der Waals surface area contributed by atoms with Gasteiger partial charge in [-0.25, -0.2) is 0 Å². The van der Waals surface area contributed by atoms with E-state index in [9.17, 15) is 0 Å². The molecule has 2 aromatic rings. The molecule has 1 aromatic carbocycles. The zero-order valence-corrected chi connectivity index (χ0v) is 13.4. The fourth-order valence-electron chi connectivity index (χ4n) is 3.24. The van der Waals surface area contributed by atoms with E-state index in [-0.39, 0.29) is 6.04 Å². The van der Waals surface area contributed by atoms with Gasteiger partial charge in [0.1, 0.15) is 5.76 Å². The van der Waals surface area contributed by atoms with Gasteiger partial charge in [0, 0.05) is 11.3 Å². The summed E-state index contributed by atoms with van der Waals surface area (Å²) >= 11 is 2.02. The third-order valence-electron chi connectivity index (χ3n) is 4.54. The highest BCUT2D eigenvalue weighted by molar-refractivity contribution is 8.00. The van der Waals surface area contributed by atoms with Crippen LogP contribution in [0, 0.1) is 0 Å². The van der Waals surface area contributed by atoms with Crippen LogP contribution < -0.4 is 5.32 Å². The zero-order chi connectivity index (χ0) is 14.5. The Kier molecular flexibility index (Phi) is 4.71. The van der Waals surface area contributed by atoms with Crippen LogP contribution in [-0.4, -0.2) is 17.5 Å². The van der Waals surface area contributed by atoms with Gasteiger partial charge < -0.3 is 9.73 Å². The van der Waals surface area contributed by atoms with Gasteiger partial charge in [0.05, 0.1) is 12.3 Å². The first-order valence-corrected chi connectivity index (χ1v) is 8.92. The predicted molar refractivity (Wildman–Crippen MR) is 89.7 cm³/mol. The van der Waals surface area contributed by atoms with Crippen LogP contribution in [0.25, 0.3) is 0 Å². The van der Waals surface area contributed by atoms with Gasteiger partial charge in [-0.3, -0.25) is 0 Å². The standard InChI is InChI=1S/C18H23NOS/c1-21-18(11-5-6-12-18)14-19-17(16-10-7-13-20-16)15-8-3-2-4-9-15/h2-4,7-10,13,17,19H,5-6,11-12,14H2,1H3. The highest BCUT2D eigenvalue weighted by Gasteiger charge is 2.33. The quantitative estimate of drug-likeness (QED) is 0.842. The van der Waals surface area contributed by atoms with E-state index in [1.807, 2.05) is 17.8 Å². The van der Waals surface area contributed by atoms with Crippen LogP contribution in [0.3, 0.4) is 0 Å². The molecule has 21 heavy (non-hydrogen) atoms. The average Bonchev–Trinajstić information content (AvgIpc) is 3.21. The van der Waals surface area contributed by atoms with E-state index in [1.54, 1.807) is 6.26 Å². The molecule has 0 spiro atoms. The summed E-state index contributed by atoms with van der Waals surface area (Å²) in [5.74, 6) is 0.996. The smallest absolute Gasteiger partial charge is 0.125 e. The molecule has 0 amide bonds. The van der Waals surface area contributed by atoms with Crippen molar-refractivity contribution in [2.45, 2.75) is 36.5 Å². The highest BCUT2D eigenvalue weighted by atomic mass is 32.2. The second kappa shape index (κ2) is 6.71. The van der Waals surface area contributed by atoms with Crippen LogP contribution in [0.15, 0.2) is 53.1 Å². The SMILES string of the molecule is CSC1(CNC(c2ccccc2)c2ccco2)CCCC1. The van der Waals surface area contributed by atoms with E-state index >= 15 is 0 Å². The Hall–Kier alpha value is -1.19. The summed E-state index contributed by atoms with van der Waals surface area (Å²) < 4.78 is 6.06. The van der Waals surface area contributed by atoms with Crippen molar-refractivity contribution in [2.75, 3.05) is 12.8 Å². The van der Waals surface area contributed by atoms with E-state index in [0.29, 0.717) is 4.75 Å². The molecular formula is C18H23NOS. The first-order chi connectivity index (χ1) is 10.3. The van der Waals surface area contributed by atoms with Gasteiger partial charge in [-0.1, -0.05) is 43.2 Å². The lowest BCUT2D eigenvalue weighted by molar-refractivity contribution is 0.425. The van der Waals surface area contributed by atoms with Crippen LogP contribution in [0.5, 0.6) is 0 Å². The van der Waals surface area contributed by atoms with Crippen LogP contribution in [0.1, 0.15) is 43.0 Å². The van der Waals surface area contributed by atoms with E-state index in [1.165, 1.54) is 31.2 Å². The molecule has 3 heteroatoms. The van der Waals surface area contributed by atoms with Gasteiger partial charge in [0.2, 0.25) is 0 Å². The minimum absolute atomic E-state index is 0.144. The molecule has 112 valence electrons. The molecule has 0 bridgehead atoms. The first-order valence-electron chi connectivity index (χ1n) is 7.70. The van der Waals surface area contributed by atoms with Crippen molar-refractivity contribution in [3.05, 3.63) is 60.1 Å². The molecular weight excluding hydrogens is 278 g/mol. The van der Waals surface area contributed by atoms with E-state index < -0.39 is 0 Å². The Morgan fingerprint density at radius 2 is 1.90 bits per heavy atom. The van der Waals surface area contributed by atoms with Crippen molar-refractivity contribution in [3.8, 4) is 0 Å². The number of rotatable bonds is 6. The number of thioether (sulfide) groups is 1. The molecule has 1 atom stereocenters. The first kappa shape index (κ1) is 14.7. The molecule has 0 aliphatic heterocycles. The molecule has 1 fully saturated rings. The fourth-order valence-corrected chi connectivity index (χ4v) is 4.17. The monoisotopic (exact) mass is 301 g/mol. The molecule has 1 aromatic heterocycles. The van der Waals surface area contributed by atoms with Crippen LogP contribution in [-0.2, 0) is 0 Å². The largest absolute Gasteiger partial charge is 0.467 e. The van der Waals surface area contributed by atoms with Gasteiger partial charge in [0.15, 0.2) is 0 Å². The third-order valence-corrected chi connectivity index (χ3v) is 5.96. The zero-order valence-electron chi connectivity index (χ0n) is 12.5.